The Kier molecular flexibility index (Phi) is 3.92. The Hall–Kier alpha value is -1.37. The molecule has 17 heavy (non-hydrogen) atoms. The molecule has 2 N–H and O–H groups in total. The Balaban J connectivity index is 2.47. The summed E-state index contributed by atoms with van der Waals surface area (Å²) in [5.74, 6) is -0.428. The van der Waals surface area contributed by atoms with Crippen LogP contribution in [0.5, 0.6) is 0 Å². The Morgan fingerprint density at radius 2 is 2.12 bits per heavy atom. The quantitative estimate of drug-likeness (QED) is 0.816. The molecule has 0 fully saturated rings. The zero-order valence-electron chi connectivity index (χ0n) is 10.1. The normalized spacial score (nSPS) is 12.4. The van der Waals surface area contributed by atoms with Crippen molar-refractivity contribution in [2.24, 2.45) is 0 Å². The van der Waals surface area contributed by atoms with Crippen molar-refractivity contribution in [1.29, 1.82) is 0 Å². The van der Waals surface area contributed by atoms with Gasteiger partial charge in [-0.05, 0) is 26.8 Å². The smallest absolute Gasteiger partial charge is 0.269 e. The second-order valence-electron chi connectivity index (χ2n) is 4.66. The van der Waals surface area contributed by atoms with E-state index in [1.54, 1.807) is 20.8 Å². The number of aromatic nitrogens is 2. The molecular weight excluding hydrogens is 242 g/mol. The van der Waals surface area contributed by atoms with E-state index in [4.69, 9.17) is 0 Å². The molecule has 1 aromatic heterocycles. The summed E-state index contributed by atoms with van der Waals surface area (Å²) in [6.45, 7) is 5.01. The van der Waals surface area contributed by atoms with Crippen LogP contribution < -0.4 is 5.32 Å². The van der Waals surface area contributed by atoms with Gasteiger partial charge in [0.25, 0.3) is 5.91 Å². The maximum Gasteiger partial charge on any atom is 0.269 e. The van der Waals surface area contributed by atoms with Gasteiger partial charge >= 0.3 is 0 Å². The van der Waals surface area contributed by atoms with E-state index >= 15 is 0 Å². The lowest BCUT2D eigenvalue weighted by atomic mass is 10.3. The molecule has 0 unspecified atom stereocenters. The fourth-order valence-electron chi connectivity index (χ4n) is 1.08. The van der Waals surface area contributed by atoms with E-state index in [-0.39, 0.29) is 18.2 Å². The van der Waals surface area contributed by atoms with Crippen LogP contribution in [0.4, 0.5) is 0 Å². The average molecular weight is 259 g/mol. The molecule has 0 radical (unpaired) electrons. The third-order valence-corrected chi connectivity index (χ3v) is 4.94. The van der Waals surface area contributed by atoms with Crippen LogP contribution in [0.15, 0.2) is 12.3 Å². The summed E-state index contributed by atoms with van der Waals surface area (Å²) in [5, 5.41) is 8.66. The van der Waals surface area contributed by atoms with E-state index in [1.165, 1.54) is 12.3 Å². The fraction of sp³-hybridized carbons (Fsp3) is 0.600. The van der Waals surface area contributed by atoms with Crippen LogP contribution in [-0.4, -0.2) is 41.6 Å². The standard InChI is InChI=1S/C10H17N3O3S/c1-10(2,3)17(15,16)7-6-11-9(14)8-4-5-12-13-8/h4-5H,6-7H2,1-3H3,(H,11,14)(H,12,13). The number of aromatic amines is 1. The third kappa shape index (κ3) is 3.55. The van der Waals surface area contributed by atoms with Gasteiger partial charge in [-0.25, -0.2) is 8.42 Å². The first-order valence-electron chi connectivity index (χ1n) is 5.24. The number of H-pyrrole nitrogens is 1. The van der Waals surface area contributed by atoms with E-state index in [9.17, 15) is 13.2 Å². The highest BCUT2D eigenvalue weighted by Crippen LogP contribution is 2.15. The lowest BCUT2D eigenvalue weighted by molar-refractivity contribution is 0.0951. The van der Waals surface area contributed by atoms with Crippen LogP contribution >= 0.6 is 0 Å². The van der Waals surface area contributed by atoms with Crippen LogP contribution in [0.3, 0.4) is 0 Å². The molecule has 0 saturated heterocycles. The summed E-state index contributed by atoms with van der Waals surface area (Å²) in [7, 11) is -3.20. The van der Waals surface area contributed by atoms with Crippen molar-refractivity contribution in [3.05, 3.63) is 18.0 Å². The molecule has 0 spiro atoms. The monoisotopic (exact) mass is 259 g/mol. The Labute approximate surface area is 101 Å². The minimum atomic E-state index is -3.20. The van der Waals surface area contributed by atoms with Crippen LogP contribution in [0.1, 0.15) is 31.3 Å². The summed E-state index contributed by atoms with van der Waals surface area (Å²) < 4.78 is 22.7. The number of nitrogens with zero attached hydrogens (tertiary/aromatic N) is 1. The molecule has 6 nitrogen and oxygen atoms in total. The van der Waals surface area contributed by atoms with Gasteiger partial charge in [0.15, 0.2) is 9.84 Å². The fourth-order valence-corrected chi connectivity index (χ4v) is 2.07. The average Bonchev–Trinajstić information content (AvgIpc) is 2.67. The first-order chi connectivity index (χ1) is 7.74. The van der Waals surface area contributed by atoms with Crippen molar-refractivity contribution in [3.8, 4) is 0 Å². The van der Waals surface area contributed by atoms with Gasteiger partial charge < -0.3 is 5.32 Å². The lowest BCUT2D eigenvalue weighted by Crippen LogP contribution is -2.36. The second-order valence-corrected chi connectivity index (χ2v) is 7.52. The molecule has 7 heteroatoms. The van der Waals surface area contributed by atoms with Gasteiger partial charge in [0, 0.05) is 12.7 Å². The van der Waals surface area contributed by atoms with Gasteiger partial charge in [-0.1, -0.05) is 0 Å². The van der Waals surface area contributed by atoms with Crippen molar-refractivity contribution >= 4 is 15.7 Å². The molecule has 0 aromatic carbocycles. The highest BCUT2D eigenvalue weighted by molar-refractivity contribution is 7.92. The minimum absolute atomic E-state index is 0.0730. The maximum absolute atomic E-state index is 11.7. The molecule has 0 saturated carbocycles. The lowest BCUT2D eigenvalue weighted by Gasteiger charge is -2.18. The van der Waals surface area contributed by atoms with Crippen molar-refractivity contribution in [2.75, 3.05) is 12.3 Å². The first-order valence-corrected chi connectivity index (χ1v) is 6.89. The highest BCUT2D eigenvalue weighted by Gasteiger charge is 2.28. The molecular formula is C10H17N3O3S. The second kappa shape index (κ2) is 4.87. The van der Waals surface area contributed by atoms with E-state index in [0.717, 1.165) is 0 Å². The number of carbonyl (C=O) groups is 1. The van der Waals surface area contributed by atoms with E-state index in [2.05, 4.69) is 15.5 Å². The SMILES string of the molecule is CC(C)(C)S(=O)(=O)CCNC(=O)c1ccn[nH]1. The molecule has 1 heterocycles. The summed E-state index contributed by atoms with van der Waals surface area (Å²) in [6, 6.07) is 1.52. The van der Waals surface area contributed by atoms with Crippen molar-refractivity contribution in [3.63, 3.8) is 0 Å². The number of hydrogen-bond donors (Lipinski definition) is 2. The zero-order valence-corrected chi connectivity index (χ0v) is 11.0. The maximum atomic E-state index is 11.7. The predicted octanol–water partition coefficient (Wildman–Crippen LogP) is 0.353. The van der Waals surface area contributed by atoms with E-state index in [0.29, 0.717) is 5.69 Å². The van der Waals surface area contributed by atoms with Gasteiger partial charge in [0.1, 0.15) is 5.69 Å². The zero-order chi connectivity index (χ0) is 13.1. The third-order valence-electron chi connectivity index (χ3n) is 2.33. The summed E-state index contributed by atoms with van der Waals surface area (Å²) >= 11 is 0. The van der Waals surface area contributed by atoms with Gasteiger partial charge in [-0.2, -0.15) is 5.10 Å². The van der Waals surface area contributed by atoms with E-state index in [1.807, 2.05) is 0 Å². The molecule has 1 aromatic rings. The number of rotatable bonds is 4. The predicted molar refractivity (Wildman–Crippen MR) is 64.5 cm³/mol. The molecule has 0 bridgehead atoms. The summed E-state index contributed by atoms with van der Waals surface area (Å²) in [6.07, 6.45) is 1.46. The highest BCUT2D eigenvalue weighted by atomic mass is 32.2. The Morgan fingerprint density at radius 3 is 2.59 bits per heavy atom. The molecule has 0 aliphatic heterocycles. The number of hydrogen-bond acceptors (Lipinski definition) is 4. The summed E-state index contributed by atoms with van der Waals surface area (Å²) in [5.41, 5.74) is 0.318. The van der Waals surface area contributed by atoms with Crippen LogP contribution in [0.2, 0.25) is 0 Å². The van der Waals surface area contributed by atoms with Crippen molar-refractivity contribution in [2.45, 2.75) is 25.5 Å². The number of carbonyl (C=O) groups excluding carboxylic acids is 1. The topological polar surface area (TPSA) is 91.9 Å². The first kappa shape index (κ1) is 13.7. The molecule has 96 valence electrons. The Morgan fingerprint density at radius 1 is 1.47 bits per heavy atom. The van der Waals surface area contributed by atoms with Crippen LogP contribution in [-0.2, 0) is 9.84 Å². The van der Waals surface area contributed by atoms with Crippen molar-refractivity contribution in [1.82, 2.24) is 15.5 Å². The largest absolute Gasteiger partial charge is 0.350 e. The molecule has 0 aliphatic carbocycles. The van der Waals surface area contributed by atoms with Crippen LogP contribution in [0, 0.1) is 0 Å². The molecule has 0 aliphatic rings. The number of sulfone groups is 1. The van der Waals surface area contributed by atoms with Gasteiger partial charge in [0.05, 0.1) is 10.5 Å². The van der Waals surface area contributed by atoms with Crippen LogP contribution in [0.25, 0.3) is 0 Å². The number of nitrogens with one attached hydrogen (secondary N) is 2. The van der Waals surface area contributed by atoms with Crippen molar-refractivity contribution < 1.29 is 13.2 Å². The van der Waals surface area contributed by atoms with Gasteiger partial charge in [-0.3, -0.25) is 9.89 Å². The minimum Gasteiger partial charge on any atom is -0.350 e. The number of amides is 1. The molecule has 1 amide bonds. The Bertz CT molecular complexity index is 471. The van der Waals surface area contributed by atoms with E-state index < -0.39 is 14.6 Å². The molecule has 1 rings (SSSR count). The van der Waals surface area contributed by atoms with Gasteiger partial charge in [0.2, 0.25) is 0 Å². The summed E-state index contributed by atoms with van der Waals surface area (Å²) in [4.78, 5) is 11.5. The molecule has 0 atom stereocenters. The van der Waals surface area contributed by atoms with Gasteiger partial charge in [-0.15, -0.1) is 0 Å².